The average Bonchev–Trinajstić information content (AvgIpc) is 2.53. The topological polar surface area (TPSA) is 73.4 Å². The van der Waals surface area contributed by atoms with Crippen LogP contribution in [0, 0.1) is 6.92 Å². The van der Waals surface area contributed by atoms with Gasteiger partial charge in [-0.3, -0.25) is 9.78 Å². The van der Waals surface area contributed by atoms with Crippen molar-refractivity contribution in [3.05, 3.63) is 40.6 Å². The Bertz CT molecular complexity index is 748. The Labute approximate surface area is 129 Å². The monoisotopic (exact) mass is 300 g/mol. The lowest BCUT2D eigenvalue weighted by Crippen LogP contribution is -2.40. The first kappa shape index (κ1) is 14.6. The summed E-state index contributed by atoms with van der Waals surface area (Å²) in [5.74, 6) is 0. The minimum Gasteiger partial charge on any atom is -0.397 e. The number of hydrogen-bond donors (Lipinski definition) is 1. The van der Waals surface area contributed by atoms with Crippen LogP contribution in [0.15, 0.2) is 29.3 Å². The fourth-order valence-electron chi connectivity index (χ4n) is 2.71. The molecule has 1 aliphatic heterocycles. The fourth-order valence-corrected chi connectivity index (χ4v) is 2.71. The maximum absolute atomic E-state index is 12.4. The largest absolute Gasteiger partial charge is 0.397 e. The average molecular weight is 300 g/mol. The molecule has 0 radical (unpaired) electrons. The molecule has 22 heavy (non-hydrogen) atoms. The van der Waals surface area contributed by atoms with Crippen LogP contribution in [-0.2, 0) is 11.8 Å². The number of pyridine rings is 2. The Balaban J connectivity index is 2.11. The van der Waals surface area contributed by atoms with E-state index in [0.29, 0.717) is 24.6 Å². The summed E-state index contributed by atoms with van der Waals surface area (Å²) in [5.41, 5.74) is 9.95. The Morgan fingerprint density at radius 2 is 2.00 bits per heavy atom. The molecule has 0 aliphatic carbocycles. The summed E-state index contributed by atoms with van der Waals surface area (Å²) >= 11 is 0. The molecule has 6 nitrogen and oxygen atoms in total. The Morgan fingerprint density at radius 3 is 2.73 bits per heavy atom. The van der Waals surface area contributed by atoms with Crippen molar-refractivity contribution >= 4 is 11.4 Å². The smallest absolute Gasteiger partial charge is 0.273 e. The molecule has 3 rings (SSSR count). The van der Waals surface area contributed by atoms with Gasteiger partial charge in [-0.25, -0.2) is 0 Å². The molecular weight excluding hydrogens is 280 g/mol. The summed E-state index contributed by atoms with van der Waals surface area (Å²) in [6.07, 6.45) is 3.47. The number of ether oxygens (including phenoxy) is 1. The third-order valence-electron chi connectivity index (χ3n) is 3.94. The van der Waals surface area contributed by atoms with Crippen molar-refractivity contribution < 1.29 is 4.74 Å². The quantitative estimate of drug-likeness (QED) is 0.901. The molecule has 0 aromatic carbocycles. The van der Waals surface area contributed by atoms with E-state index >= 15 is 0 Å². The summed E-state index contributed by atoms with van der Waals surface area (Å²) in [5, 5.41) is 0. The third-order valence-corrected chi connectivity index (χ3v) is 3.94. The van der Waals surface area contributed by atoms with Crippen LogP contribution in [0.25, 0.3) is 11.1 Å². The van der Waals surface area contributed by atoms with Gasteiger partial charge in [0.25, 0.3) is 5.56 Å². The Hall–Kier alpha value is -2.34. The number of morpholine rings is 1. The summed E-state index contributed by atoms with van der Waals surface area (Å²) in [4.78, 5) is 18.8. The summed E-state index contributed by atoms with van der Waals surface area (Å²) in [6, 6.07) is 3.82. The molecular formula is C16H20N4O2. The molecule has 0 amide bonds. The highest BCUT2D eigenvalue weighted by molar-refractivity contribution is 5.71. The van der Waals surface area contributed by atoms with Crippen LogP contribution in [0.5, 0.6) is 0 Å². The maximum Gasteiger partial charge on any atom is 0.273 e. The van der Waals surface area contributed by atoms with Crippen molar-refractivity contribution in [1.29, 1.82) is 0 Å². The van der Waals surface area contributed by atoms with E-state index in [2.05, 4.69) is 9.88 Å². The van der Waals surface area contributed by atoms with E-state index in [1.54, 1.807) is 17.8 Å². The van der Waals surface area contributed by atoms with Crippen LogP contribution in [0.1, 0.15) is 5.69 Å². The molecule has 2 aromatic heterocycles. The van der Waals surface area contributed by atoms with Gasteiger partial charge >= 0.3 is 0 Å². The van der Waals surface area contributed by atoms with Crippen molar-refractivity contribution in [2.24, 2.45) is 7.05 Å². The van der Waals surface area contributed by atoms with Crippen LogP contribution in [0.3, 0.4) is 0 Å². The lowest BCUT2D eigenvalue weighted by Gasteiger charge is -2.28. The van der Waals surface area contributed by atoms with E-state index in [1.807, 2.05) is 25.3 Å². The van der Waals surface area contributed by atoms with Gasteiger partial charge in [-0.05, 0) is 19.1 Å². The van der Waals surface area contributed by atoms with Crippen molar-refractivity contribution in [2.45, 2.75) is 6.92 Å². The molecule has 0 spiro atoms. The third kappa shape index (κ3) is 2.69. The number of hydrogen-bond acceptors (Lipinski definition) is 5. The Morgan fingerprint density at radius 1 is 1.27 bits per heavy atom. The normalized spacial score (nSPS) is 15.1. The molecule has 2 N–H and O–H groups in total. The van der Waals surface area contributed by atoms with Crippen LogP contribution >= 0.6 is 0 Å². The highest BCUT2D eigenvalue weighted by Gasteiger charge is 2.17. The first-order valence-corrected chi connectivity index (χ1v) is 7.32. The zero-order chi connectivity index (χ0) is 15.7. The number of aromatic nitrogens is 2. The second-order valence-corrected chi connectivity index (χ2v) is 5.53. The summed E-state index contributed by atoms with van der Waals surface area (Å²) < 4.78 is 6.98. The van der Waals surface area contributed by atoms with Gasteiger partial charge in [-0.1, -0.05) is 0 Å². The predicted molar refractivity (Wildman–Crippen MR) is 87.1 cm³/mol. The number of aryl methyl sites for hydroxylation is 2. The van der Waals surface area contributed by atoms with Crippen molar-refractivity contribution in [2.75, 3.05) is 36.9 Å². The molecule has 0 atom stereocenters. The van der Waals surface area contributed by atoms with Crippen molar-refractivity contribution in [3.63, 3.8) is 0 Å². The second-order valence-electron chi connectivity index (χ2n) is 5.53. The highest BCUT2D eigenvalue weighted by Crippen LogP contribution is 2.26. The van der Waals surface area contributed by atoms with Gasteiger partial charge < -0.3 is 19.9 Å². The second kappa shape index (κ2) is 5.81. The minimum atomic E-state index is 0.000153. The highest BCUT2D eigenvalue weighted by atomic mass is 16.5. The molecule has 2 aromatic rings. The van der Waals surface area contributed by atoms with E-state index in [9.17, 15) is 4.79 Å². The van der Waals surface area contributed by atoms with Gasteiger partial charge in [-0.2, -0.15) is 0 Å². The van der Waals surface area contributed by atoms with Gasteiger partial charge in [0.1, 0.15) is 5.69 Å². The van der Waals surface area contributed by atoms with Crippen molar-refractivity contribution in [3.8, 4) is 11.1 Å². The molecule has 1 saturated heterocycles. The first-order valence-electron chi connectivity index (χ1n) is 7.32. The van der Waals surface area contributed by atoms with E-state index in [-0.39, 0.29) is 5.56 Å². The molecule has 0 unspecified atom stereocenters. The Kier molecular flexibility index (Phi) is 3.85. The molecule has 0 bridgehead atoms. The van der Waals surface area contributed by atoms with Gasteiger partial charge in [0.05, 0.1) is 25.1 Å². The predicted octanol–water partition coefficient (Wildman–Crippen LogP) is 1.17. The van der Waals surface area contributed by atoms with Crippen LogP contribution in [0.4, 0.5) is 11.4 Å². The van der Waals surface area contributed by atoms with Gasteiger partial charge in [0.2, 0.25) is 0 Å². The maximum atomic E-state index is 12.4. The lowest BCUT2D eigenvalue weighted by atomic mass is 10.1. The molecule has 1 fully saturated rings. The number of nitrogens with zero attached hydrogens (tertiary/aromatic N) is 3. The van der Waals surface area contributed by atoms with Gasteiger partial charge in [0, 0.05) is 43.2 Å². The SMILES string of the molecule is Cc1ncc(N)cc1-c1cc(N2CCOCC2)c(=O)n(C)c1. The van der Waals surface area contributed by atoms with Gasteiger partial charge in [0.15, 0.2) is 0 Å². The molecule has 6 heteroatoms. The van der Waals surface area contributed by atoms with Crippen LogP contribution in [-0.4, -0.2) is 35.9 Å². The summed E-state index contributed by atoms with van der Waals surface area (Å²) in [7, 11) is 1.77. The molecule has 0 saturated carbocycles. The molecule has 1 aliphatic rings. The van der Waals surface area contributed by atoms with E-state index in [4.69, 9.17) is 10.5 Å². The first-order chi connectivity index (χ1) is 10.6. The number of nitrogens with two attached hydrogens (primary N) is 1. The lowest BCUT2D eigenvalue weighted by molar-refractivity contribution is 0.122. The summed E-state index contributed by atoms with van der Waals surface area (Å²) in [6.45, 7) is 4.69. The number of nitrogen functional groups attached to an aromatic ring is 1. The van der Waals surface area contributed by atoms with E-state index in [1.165, 1.54) is 0 Å². The van der Waals surface area contributed by atoms with E-state index < -0.39 is 0 Å². The van der Waals surface area contributed by atoms with E-state index in [0.717, 1.165) is 29.9 Å². The van der Waals surface area contributed by atoms with Crippen molar-refractivity contribution in [1.82, 2.24) is 9.55 Å². The number of rotatable bonds is 2. The fraction of sp³-hybridized carbons (Fsp3) is 0.375. The minimum absolute atomic E-state index is 0.000153. The zero-order valence-corrected chi connectivity index (χ0v) is 12.9. The van der Waals surface area contributed by atoms with Crippen LogP contribution in [0.2, 0.25) is 0 Å². The standard InChI is InChI=1S/C16H20N4O2/c1-11-14(8-13(17)9-18-11)12-7-15(16(21)19(2)10-12)20-3-5-22-6-4-20/h7-10H,3-6,17H2,1-2H3. The molecule has 116 valence electrons. The number of anilines is 2. The van der Waals surface area contributed by atoms with Crippen LogP contribution < -0.4 is 16.2 Å². The van der Waals surface area contributed by atoms with Gasteiger partial charge in [-0.15, -0.1) is 0 Å². The zero-order valence-electron chi connectivity index (χ0n) is 12.9. The molecule has 3 heterocycles.